The second-order valence-electron chi connectivity index (χ2n) is 22.6. The molecule has 15 heteroatoms. The molecular weight excluding hydrogens is 1080 g/mol. The molecule has 0 aliphatic carbocycles. The van der Waals surface area contributed by atoms with Crippen LogP contribution in [0, 0.1) is 0 Å². The molecule has 15 nitrogen and oxygen atoms in total. The highest BCUT2D eigenvalue weighted by Crippen LogP contribution is 2.21. The minimum absolute atomic E-state index is 0.135. The van der Waals surface area contributed by atoms with Crippen molar-refractivity contribution in [3.8, 4) is 23.0 Å². The molecule has 470 valence electrons. The highest BCUT2D eigenvalue weighted by Gasteiger charge is 2.14. The topological polar surface area (TPSA) is 180 Å². The largest absolute Gasteiger partial charge is 0.494 e. The van der Waals surface area contributed by atoms with E-state index >= 15 is 0 Å². The number of ether oxygens (including phenoxy) is 7. The summed E-state index contributed by atoms with van der Waals surface area (Å²) in [4.78, 5) is 52.0. The van der Waals surface area contributed by atoms with Crippen LogP contribution in [-0.2, 0) is 14.2 Å². The molecule has 1 fully saturated rings. The molecule has 1 heterocycles. The van der Waals surface area contributed by atoms with E-state index < -0.39 is 23.9 Å². The number of hydrogen-bond acceptors (Lipinski definition) is 13. The zero-order chi connectivity index (χ0) is 60.0. The number of carboxylic acids is 2. The van der Waals surface area contributed by atoms with Crippen molar-refractivity contribution in [1.29, 1.82) is 0 Å². The number of nitrogens with zero attached hydrogens (tertiary/aromatic N) is 2. The predicted octanol–water partition coefficient (Wildman–Crippen LogP) is 15.6. The summed E-state index contributed by atoms with van der Waals surface area (Å²) in [6, 6.07) is 25.3. The molecule has 1 saturated heterocycles. The van der Waals surface area contributed by atoms with Gasteiger partial charge in [-0.1, -0.05) is 154 Å². The van der Waals surface area contributed by atoms with Gasteiger partial charge in [-0.2, -0.15) is 0 Å². The Morgan fingerprint density at radius 2 is 0.541 bits per heavy atom. The summed E-state index contributed by atoms with van der Waals surface area (Å²) in [5, 5.41) is 18.1. The molecule has 2 N–H and O–H groups in total. The van der Waals surface area contributed by atoms with Gasteiger partial charge in [0.05, 0.1) is 75.1 Å². The van der Waals surface area contributed by atoms with E-state index in [9.17, 15) is 19.2 Å². The zero-order valence-electron chi connectivity index (χ0n) is 51.2. The highest BCUT2D eigenvalue weighted by molar-refractivity contribution is 5.92. The van der Waals surface area contributed by atoms with Gasteiger partial charge in [0.1, 0.15) is 23.0 Å². The molecule has 0 atom stereocenters. The third kappa shape index (κ3) is 33.0. The molecular formula is C70H102N2O13. The van der Waals surface area contributed by atoms with Crippen LogP contribution in [0.25, 0.3) is 0 Å². The molecule has 4 aromatic carbocycles. The number of esters is 2. The van der Waals surface area contributed by atoms with Crippen LogP contribution in [0.15, 0.2) is 97.1 Å². The average molecular weight is 1180 g/mol. The first-order valence-corrected chi connectivity index (χ1v) is 32.5. The number of rotatable bonds is 42. The summed E-state index contributed by atoms with van der Waals surface area (Å²) in [5.41, 5.74) is 1.07. The maximum absolute atomic E-state index is 12.5. The van der Waals surface area contributed by atoms with Crippen LogP contribution in [-0.4, -0.2) is 136 Å². The molecule has 0 unspecified atom stereocenters. The molecule has 0 spiro atoms. The Bertz CT molecular complexity index is 2200. The monoisotopic (exact) mass is 1180 g/mol. The van der Waals surface area contributed by atoms with Gasteiger partial charge in [0, 0.05) is 26.2 Å². The first kappa shape index (κ1) is 69.9. The van der Waals surface area contributed by atoms with E-state index in [1.807, 2.05) is 0 Å². The molecule has 1 aliphatic heterocycles. The van der Waals surface area contributed by atoms with Gasteiger partial charge < -0.3 is 43.4 Å². The number of benzene rings is 4. The summed E-state index contributed by atoms with van der Waals surface area (Å²) in [7, 11) is 0. The van der Waals surface area contributed by atoms with Gasteiger partial charge in [0.2, 0.25) is 0 Å². The third-order valence-corrected chi connectivity index (χ3v) is 15.7. The SMILES string of the molecule is O=C(O)c1ccc(OC(=O)c2ccc(OCCCCCCCCCCCCCCCCN3CCOCCOCCN(CCCCCCCCCCCCCCCCOc4ccc(C(=O)Oc5ccc(C(=O)O)cc5)cc4)CCOCC3)cc2)cc1. The lowest BCUT2D eigenvalue weighted by Gasteiger charge is -2.23. The van der Waals surface area contributed by atoms with Crippen molar-refractivity contribution >= 4 is 23.9 Å². The van der Waals surface area contributed by atoms with Crippen LogP contribution in [0.1, 0.15) is 221 Å². The number of aromatic carboxylic acids is 2. The standard InChI is InChI=1S/C70H102N2O13/c73-67(74)59-29-41-65(42-30-59)84-69(77)61-33-37-63(38-34-61)82-51-27-23-19-15-11-7-3-1-5-9-13-17-21-25-45-71-47-53-79-54-48-72(50-56-81-58-57-80-55-49-71)46-26-22-18-14-10-6-2-4-8-12-16-20-24-28-52-83-64-39-35-62(36-40-64)70(78)85-66-43-31-60(32-44-66)68(75)76/h29-44H,1-28,45-58H2,(H,73,74)(H,75,76). The average Bonchev–Trinajstić information content (AvgIpc) is 3.60. The van der Waals surface area contributed by atoms with Gasteiger partial charge in [-0.15, -0.1) is 0 Å². The Morgan fingerprint density at radius 3 is 0.824 bits per heavy atom. The van der Waals surface area contributed by atoms with Crippen LogP contribution in [0.3, 0.4) is 0 Å². The lowest BCUT2D eigenvalue weighted by Crippen LogP contribution is -2.34. The maximum atomic E-state index is 12.5. The van der Waals surface area contributed by atoms with Crippen molar-refractivity contribution < 1.29 is 62.5 Å². The highest BCUT2D eigenvalue weighted by atomic mass is 16.5. The lowest BCUT2D eigenvalue weighted by atomic mass is 10.0. The molecule has 4 aromatic rings. The second-order valence-corrected chi connectivity index (χ2v) is 22.6. The van der Waals surface area contributed by atoms with Crippen LogP contribution in [0.5, 0.6) is 23.0 Å². The smallest absolute Gasteiger partial charge is 0.343 e. The third-order valence-electron chi connectivity index (χ3n) is 15.7. The molecule has 0 bridgehead atoms. The van der Waals surface area contributed by atoms with Crippen LogP contribution in [0.4, 0.5) is 0 Å². The Morgan fingerprint density at radius 1 is 0.306 bits per heavy atom. The van der Waals surface area contributed by atoms with E-state index in [1.54, 1.807) is 48.5 Å². The molecule has 0 saturated carbocycles. The molecule has 0 aromatic heterocycles. The second kappa shape index (κ2) is 45.5. The molecule has 85 heavy (non-hydrogen) atoms. The van der Waals surface area contributed by atoms with E-state index in [1.165, 1.54) is 203 Å². The fourth-order valence-electron chi connectivity index (χ4n) is 10.4. The van der Waals surface area contributed by atoms with Crippen LogP contribution < -0.4 is 18.9 Å². The Balaban J connectivity index is 0.747. The quantitative estimate of drug-likeness (QED) is 0.0243. The number of carbonyl (C=O) groups excluding carboxylic acids is 2. The number of unbranched alkanes of at least 4 members (excludes halogenated alkanes) is 26. The van der Waals surface area contributed by atoms with E-state index in [0.717, 1.165) is 103 Å². The van der Waals surface area contributed by atoms with E-state index in [-0.39, 0.29) is 11.1 Å². The van der Waals surface area contributed by atoms with Crippen molar-refractivity contribution in [2.75, 3.05) is 92.1 Å². The van der Waals surface area contributed by atoms with Gasteiger partial charge in [-0.3, -0.25) is 9.80 Å². The Hall–Kier alpha value is -5.84. The molecule has 0 radical (unpaired) electrons. The van der Waals surface area contributed by atoms with Crippen molar-refractivity contribution in [2.45, 2.75) is 180 Å². The van der Waals surface area contributed by atoms with E-state index in [0.29, 0.717) is 49.1 Å². The lowest BCUT2D eigenvalue weighted by molar-refractivity contribution is 0.0320. The van der Waals surface area contributed by atoms with Crippen molar-refractivity contribution in [2.24, 2.45) is 0 Å². The first-order valence-electron chi connectivity index (χ1n) is 32.5. The molecule has 1 aliphatic rings. The van der Waals surface area contributed by atoms with Crippen molar-refractivity contribution in [1.82, 2.24) is 9.80 Å². The number of hydrogen-bond donors (Lipinski definition) is 2. The van der Waals surface area contributed by atoms with Gasteiger partial charge >= 0.3 is 23.9 Å². The van der Waals surface area contributed by atoms with Gasteiger partial charge in [-0.25, -0.2) is 19.2 Å². The predicted molar refractivity (Wildman–Crippen MR) is 335 cm³/mol. The fourth-order valence-corrected chi connectivity index (χ4v) is 10.4. The summed E-state index contributed by atoms with van der Waals surface area (Å²) >= 11 is 0. The summed E-state index contributed by atoms with van der Waals surface area (Å²) in [6.45, 7) is 11.7. The normalized spacial score (nSPS) is 14.0. The fraction of sp³-hybridized carbons (Fsp3) is 0.600. The van der Waals surface area contributed by atoms with Crippen molar-refractivity contribution in [3.05, 3.63) is 119 Å². The first-order chi connectivity index (χ1) is 41.7. The zero-order valence-corrected chi connectivity index (χ0v) is 51.2. The molecule has 5 rings (SSSR count). The maximum Gasteiger partial charge on any atom is 0.343 e. The summed E-state index contributed by atoms with van der Waals surface area (Å²) in [6.07, 6.45) is 35.7. The minimum Gasteiger partial charge on any atom is -0.494 e. The summed E-state index contributed by atoms with van der Waals surface area (Å²) in [5.74, 6) is -1.03. The van der Waals surface area contributed by atoms with Crippen LogP contribution in [0.2, 0.25) is 0 Å². The van der Waals surface area contributed by atoms with Crippen LogP contribution >= 0.6 is 0 Å². The van der Waals surface area contributed by atoms with Gasteiger partial charge in [-0.05, 0) is 136 Å². The summed E-state index contributed by atoms with van der Waals surface area (Å²) < 4.78 is 40.6. The van der Waals surface area contributed by atoms with Gasteiger partial charge in [0.25, 0.3) is 0 Å². The van der Waals surface area contributed by atoms with Crippen molar-refractivity contribution in [3.63, 3.8) is 0 Å². The Kier molecular flexibility index (Phi) is 37.4. The molecule has 0 amide bonds. The minimum atomic E-state index is -1.03. The van der Waals surface area contributed by atoms with Gasteiger partial charge in [0.15, 0.2) is 0 Å². The van der Waals surface area contributed by atoms with E-state index in [4.69, 9.17) is 43.4 Å². The Labute approximate surface area is 508 Å². The van der Waals surface area contributed by atoms with E-state index in [2.05, 4.69) is 9.80 Å². The number of carbonyl (C=O) groups is 4. The number of carboxylic acid groups (broad SMARTS) is 2.